The van der Waals surface area contributed by atoms with Crippen LogP contribution in [-0.4, -0.2) is 33.6 Å². The molecule has 0 unspecified atom stereocenters. The number of hydrogen-bond donors (Lipinski definition) is 2. The van der Waals surface area contributed by atoms with E-state index >= 15 is 0 Å². The number of nitrogens with one attached hydrogen (secondary N) is 2. The summed E-state index contributed by atoms with van der Waals surface area (Å²) >= 11 is 0. The van der Waals surface area contributed by atoms with E-state index in [9.17, 15) is 4.39 Å². The van der Waals surface area contributed by atoms with Gasteiger partial charge in [-0.2, -0.15) is 0 Å². The minimum Gasteiger partial charge on any atom is -0.378 e. The van der Waals surface area contributed by atoms with Crippen molar-refractivity contribution in [3.8, 4) is 0 Å². The van der Waals surface area contributed by atoms with Crippen molar-refractivity contribution in [2.45, 2.75) is 13.0 Å². The first kappa shape index (κ1) is 17.8. The molecule has 0 saturated carbocycles. The molecule has 2 aromatic carbocycles. The number of nitrogens with zero attached hydrogens (tertiary/aromatic N) is 2. The van der Waals surface area contributed by atoms with Crippen LogP contribution in [0.1, 0.15) is 11.1 Å². The van der Waals surface area contributed by atoms with Crippen LogP contribution < -0.4 is 15.5 Å². The fraction of sp³-hybridized carbons (Fsp3) is 0.316. The molecule has 24 heavy (non-hydrogen) atoms. The molecular formula is C19H25FN4. The highest BCUT2D eigenvalue weighted by atomic mass is 19.1. The van der Waals surface area contributed by atoms with Crippen LogP contribution in [-0.2, 0) is 13.0 Å². The number of benzene rings is 2. The van der Waals surface area contributed by atoms with Crippen LogP contribution in [0.5, 0.6) is 0 Å². The van der Waals surface area contributed by atoms with Crippen LogP contribution in [0.2, 0.25) is 0 Å². The second kappa shape index (κ2) is 8.91. The zero-order valence-electron chi connectivity index (χ0n) is 14.5. The van der Waals surface area contributed by atoms with Gasteiger partial charge in [-0.05, 0) is 35.7 Å². The van der Waals surface area contributed by atoms with E-state index in [1.165, 1.54) is 17.3 Å². The van der Waals surface area contributed by atoms with E-state index in [1.54, 1.807) is 19.2 Å². The highest BCUT2D eigenvalue weighted by molar-refractivity contribution is 5.79. The smallest absolute Gasteiger partial charge is 0.191 e. The second-order valence-electron chi connectivity index (χ2n) is 5.75. The quantitative estimate of drug-likeness (QED) is 0.633. The van der Waals surface area contributed by atoms with Gasteiger partial charge in [0.2, 0.25) is 0 Å². The molecule has 0 aliphatic heterocycles. The van der Waals surface area contributed by atoms with E-state index in [4.69, 9.17) is 0 Å². The molecule has 0 bridgehead atoms. The van der Waals surface area contributed by atoms with Crippen molar-refractivity contribution in [2.24, 2.45) is 4.99 Å². The molecule has 0 saturated heterocycles. The standard InChI is InChI=1S/C19H25FN4/c1-21-19(22-13-12-16-6-4-5-7-18(16)20)23-14-15-8-10-17(11-9-15)24(2)3/h4-11H,12-14H2,1-3H3,(H2,21,22,23). The van der Waals surface area contributed by atoms with Crippen LogP contribution in [0.4, 0.5) is 10.1 Å². The zero-order valence-corrected chi connectivity index (χ0v) is 14.5. The molecule has 0 atom stereocenters. The van der Waals surface area contributed by atoms with Crippen molar-refractivity contribution in [3.63, 3.8) is 0 Å². The van der Waals surface area contributed by atoms with Crippen LogP contribution in [0.15, 0.2) is 53.5 Å². The van der Waals surface area contributed by atoms with Crippen LogP contribution in [0.3, 0.4) is 0 Å². The van der Waals surface area contributed by atoms with Gasteiger partial charge in [0, 0.05) is 39.9 Å². The first-order valence-electron chi connectivity index (χ1n) is 8.04. The molecule has 0 radical (unpaired) electrons. The van der Waals surface area contributed by atoms with Crippen molar-refractivity contribution in [1.29, 1.82) is 0 Å². The maximum atomic E-state index is 13.6. The predicted molar refractivity (Wildman–Crippen MR) is 99.1 cm³/mol. The Morgan fingerprint density at radius 3 is 2.38 bits per heavy atom. The van der Waals surface area contributed by atoms with Gasteiger partial charge in [-0.1, -0.05) is 30.3 Å². The Kier molecular flexibility index (Phi) is 6.61. The third kappa shape index (κ3) is 5.26. The first-order valence-corrected chi connectivity index (χ1v) is 8.04. The Balaban J connectivity index is 1.79. The molecule has 5 heteroatoms. The Morgan fingerprint density at radius 1 is 1.04 bits per heavy atom. The minimum absolute atomic E-state index is 0.164. The van der Waals surface area contributed by atoms with Gasteiger partial charge >= 0.3 is 0 Å². The Morgan fingerprint density at radius 2 is 1.75 bits per heavy atom. The van der Waals surface area contributed by atoms with E-state index in [0.29, 0.717) is 31.0 Å². The molecule has 128 valence electrons. The number of guanidine groups is 1. The largest absolute Gasteiger partial charge is 0.378 e. The summed E-state index contributed by atoms with van der Waals surface area (Å²) in [6.45, 7) is 1.31. The number of rotatable bonds is 6. The summed E-state index contributed by atoms with van der Waals surface area (Å²) in [4.78, 5) is 6.26. The summed E-state index contributed by atoms with van der Waals surface area (Å²) in [5.41, 5.74) is 3.06. The molecule has 0 aromatic heterocycles. The lowest BCUT2D eigenvalue weighted by Crippen LogP contribution is -2.37. The molecule has 2 N–H and O–H groups in total. The third-order valence-corrected chi connectivity index (χ3v) is 3.78. The molecular weight excluding hydrogens is 303 g/mol. The predicted octanol–water partition coefficient (Wildman–Crippen LogP) is 2.80. The topological polar surface area (TPSA) is 39.7 Å². The molecule has 2 aromatic rings. The minimum atomic E-state index is -0.164. The number of halogens is 1. The highest BCUT2D eigenvalue weighted by Gasteiger charge is 2.02. The van der Waals surface area contributed by atoms with Crippen LogP contribution in [0.25, 0.3) is 0 Å². The molecule has 0 aliphatic carbocycles. The molecule has 0 amide bonds. The molecule has 0 heterocycles. The van der Waals surface area contributed by atoms with Gasteiger partial charge in [-0.25, -0.2) is 4.39 Å². The van der Waals surface area contributed by atoms with Gasteiger partial charge < -0.3 is 15.5 Å². The fourth-order valence-corrected chi connectivity index (χ4v) is 2.34. The lowest BCUT2D eigenvalue weighted by Gasteiger charge is -2.14. The Labute approximate surface area is 143 Å². The number of aliphatic imine (C=N–C) groups is 1. The monoisotopic (exact) mass is 328 g/mol. The fourth-order valence-electron chi connectivity index (χ4n) is 2.34. The average Bonchev–Trinajstić information content (AvgIpc) is 2.59. The Hall–Kier alpha value is -2.56. The molecule has 4 nitrogen and oxygen atoms in total. The molecule has 2 rings (SSSR count). The van der Waals surface area contributed by atoms with Crippen molar-refractivity contribution >= 4 is 11.6 Å². The molecule has 0 aliphatic rings. The first-order chi connectivity index (χ1) is 11.6. The normalized spacial score (nSPS) is 11.2. The SMILES string of the molecule is CN=C(NCCc1ccccc1F)NCc1ccc(N(C)C)cc1. The van der Waals surface area contributed by atoms with Gasteiger partial charge in [0.05, 0.1) is 0 Å². The number of anilines is 1. The van der Waals surface area contributed by atoms with Gasteiger partial charge in [0.1, 0.15) is 5.82 Å². The Bertz CT molecular complexity index is 665. The maximum absolute atomic E-state index is 13.6. The van der Waals surface area contributed by atoms with Crippen molar-refractivity contribution in [3.05, 3.63) is 65.5 Å². The summed E-state index contributed by atoms with van der Waals surface area (Å²) < 4.78 is 13.6. The molecule has 0 spiro atoms. The van der Waals surface area contributed by atoms with Gasteiger partial charge in [0.25, 0.3) is 0 Å². The van der Waals surface area contributed by atoms with Crippen LogP contribution >= 0.6 is 0 Å². The second-order valence-corrected chi connectivity index (χ2v) is 5.75. The van der Waals surface area contributed by atoms with E-state index in [0.717, 1.165) is 0 Å². The number of hydrogen-bond acceptors (Lipinski definition) is 2. The maximum Gasteiger partial charge on any atom is 0.191 e. The van der Waals surface area contributed by atoms with E-state index in [2.05, 4.69) is 44.8 Å². The summed E-state index contributed by atoms with van der Waals surface area (Å²) in [5.74, 6) is 0.547. The molecule has 0 fully saturated rings. The van der Waals surface area contributed by atoms with Gasteiger partial charge in [0.15, 0.2) is 5.96 Å². The van der Waals surface area contributed by atoms with Gasteiger partial charge in [-0.3, -0.25) is 4.99 Å². The zero-order chi connectivity index (χ0) is 17.4. The summed E-state index contributed by atoms with van der Waals surface area (Å²) in [6, 6.07) is 15.2. The van der Waals surface area contributed by atoms with Crippen molar-refractivity contribution in [2.75, 3.05) is 32.6 Å². The van der Waals surface area contributed by atoms with Crippen molar-refractivity contribution in [1.82, 2.24) is 10.6 Å². The highest BCUT2D eigenvalue weighted by Crippen LogP contribution is 2.12. The summed E-state index contributed by atoms with van der Waals surface area (Å²) in [5, 5.41) is 6.48. The van der Waals surface area contributed by atoms with Crippen molar-refractivity contribution < 1.29 is 4.39 Å². The van der Waals surface area contributed by atoms with E-state index < -0.39 is 0 Å². The van der Waals surface area contributed by atoms with E-state index in [-0.39, 0.29) is 5.82 Å². The summed E-state index contributed by atoms with van der Waals surface area (Å²) in [6.07, 6.45) is 0.616. The lowest BCUT2D eigenvalue weighted by molar-refractivity contribution is 0.606. The van der Waals surface area contributed by atoms with E-state index in [1.807, 2.05) is 20.2 Å². The average molecular weight is 328 g/mol. The third-order valence-electron chi connectivity index (χ3n) is 3.78. The lowest BCUT2D eigenvalue weighted by atomic mass is 10.1. The van der Waals surface area contributed by atoms with Crippen LogP contribution in [0, 0.1) is 5.82 Å². The summed E-state index contributed by atoms with van der Waals surface area (Å²) in [7, 11) is 5.77. The van der Waals surface area contributed by atoms with Gasteiger partial charge in [-0.15, -0.1) is 0 Å².